The van der Waals surface area contributed by atoms with Crippen LogP contribution in [0.3, 0.4) is 0 Å². The topological polar surface area (TPSA) is 78.5 Å². The first-order valence-electron chi connectivity index (χ1n) is 8.44. The Morgan fingerprint density at radius 2 is 1.96 bits per heavy atom. The Hall–Kier alpha value is -0.820. The van der Waals surface area contributed by atoms with Gasteiger partial charge in [-0.15, -0.1) is 0 Å². The van der Waals surface area contributed by atoms with Gasteiger partial charge in [0.15, 0.2) is 0 Å². The molecule has 7 heteroatoms. The van der Waals surface area contributed by atoms with Crippen molar-refractivity contribution in [1.29, 1.82) is 0 Å². The maximum absolute atomic E-state index is 12.1. The van der Waals surface area contributed by atoms with E-state index in [1.54, 1.807) is 7.05 Å². The predicted octanol–water partition coefficient (Wildman–Crippen LogP) is 1.78. The van der Waals surface area contributed by atoms with Gasteiger partial charge in [-0.3, -0.25) is 0 Å². The summed E-state index contributed by atoms with van der Waals surface area (Å²) in [7, 11) is -1.59. The third-order valence-corrected chi connectivity index (χ3v) is 7.92. The van der Waals surface area contributed by atoms with Crippen LogP contribution in [0.4, 0.5) is 4.79 Å². The van der Waals surface area contributed by atoms with Gasteiger partial charge in [-0.2, -0.15) is 0 Å². The van der Waals surface area contributed by atoms with E-state index in [1.807, 2.05) is 0 Å². The van der Waals surface area contributed by atoms with Gasteiger partial charge in [0.05, 0.1) is 6.26 Å². The van der Waals surface area contributed by atoms with Gasteiger partial charge in [0.2, 0.25) is 10.0 Å². The van der Waals surface area contributed by atoms with Crippen LogP contribution >= 0.6 is 0 Å². The Morgan fingerprint density at radius 1 is 1.30 bits per heavy atom. The molecule has 0 unspecified atom stereocenters. The fraction of sp³-hybridized carbons (Fsp3) is 0.938. The Labute approximate surface area is 140 Å². The highest BCUT2D eigenvalue weighted by atomic mass is 32.2. The molecule has 2 rings (SSSR count). The minimum absolute atomic E-state index is 0.137. The summed E-state index contributed by atoms with van der Waals surface area (Å²) in [6, 6.07) is 0.0940. The molecule has 0 aromatic heterocycles. The van der Waals surface area contributed by atoms with Crippen molar-refractivity contribution in [3.8, 4) is 0 Å². The SMILES string of the molecule is CN(CCCNC(=O)N[C@@H]1C[C@H]2CC[C@@]1(C)C2(C)C)S(C)(=O)=O. The monoisotopic (exact) mass is 345 g/mol. The van der Waals surface area contributed by atoms with Gasteiger partial charge in [0, 0.05) is 26.2 Å². The Bertz CT molecular complexity index is 561. The van der Waals surface area contributed by atoms with Crippen LogP contribution in [-0.4, -0.2) is 51.2 Å². The first-order valence-corrected chi connectivity index (χ1v) is 10.3. The van der Waals surface area contributed by atoms with Gasteiger partial charge < -0.3 is 10.6 Å². The third kappa shape index (κ3) is 3.50. The number of nitrogens with zero attached hydrogens (tertiary/aromatic N) is 1. The molecule has 0 aliphatic heterocycles. The normalized spacial score (nSPS) is 32.3. The van der Waals surface area contributed by atoms with Gasteiger partial charge in [0.1, 0.15) is 0 Å². The van der Waals surface area contributed by atoms with Crippen LogP contribution in [0.15, 0.2) is 0 Å². The Balaban J connectivity index is 1.75. The molecule has 6 nitrogen and oxygen atoms in total. The number of fused-ring (bicyclic) bond motifs is 2. The van der Waals surface area contributed by atoms with Crippen LogP contribution in [0.25, 0.3) is 0 Å². The van der Waals surface area contributed by atoms with Crippen LogP contribution in [0.1, 0.15) is 46.5 Å². The molecule has 0 aromatic rings. The van der Waals surface area contributed by atoms with Crippen molar-refractivity contribution in [2.24, 2.45) is 16.7 Å². The van der Waals surface area contributed by atoms with Crippen molar-refractivity contribution >= 4 is 16.1 Å². The minimum atomic E-state index is -3.14. The molecular weight excluding hydrogens is 314 g/mol. The van der Waals surface area contributed by atoms with E-state index in [4.69, 9.17) is 0 Å². The maximum atomic E-state index is 12.1. The van der Waals surface area contributed by atoms with Crippen LogP contribution in [0, 0.1) is 16.7 Å². The molecule has 23 heavy (non-hydrogen) atoms. The quantitative estimate of drug-likeness (QED) is 0.720. The lowest BCUT2D eigenvalue weighted by Gasteiger charge is -2.39. The van der Waals surface area contributed by atoms with Gasteiger partial charge in [-0.1, -0.05) is 20.8 Å². The van der Waals surface area contributed by atoms with Crippen LogP contribution in [0.5, 0.6) is 0 Å². The lowest BCUT2D eigenvalue weighted by atomic mass is 9.69. The number of carbonyl (C=O) groups excluding carboxylic acids is 1. The second-order valence-electron chi connectivity index (χ2n) is 8.00. The van der Waals surface area contributed by atoms with Gasteiger partial charge >= 0.3 is 6.03 Å². The van der Waals surface area contributed by atoms with Crippen LogP contribution in [0.2, 0.25) is 0 Å². The molecule has 0 heterocycles. The van der Waals surface area contributed by atoms with Crippen molar-refractivity contribution in [1.82, 2.24) is 14.9 Å². The number of hydrogen-bond acceptors (Lipinski definition) is 3. The first-order chi connectivity index (χ1) is 10.5. The van der Waals surface area contributed by atoms with E-state index in [0.29, 0.717) is 25.4 Å². The van der Waals surface area contributed by atoms with Crippen molar-refractivity contribution in [3.63, 3.8) is 0 Å². The highest BCUT2D eigenvalue weighted by molar-refractivity contribution is 7.88. The molecule has 2 aliphatic carbocycles. The molecule has 0 aromatic carbocycles. The summed E-state index contributed by atoms with van der Waals surface area (Å²) in [5.74, 6) is 0.696. The average Bonchev–Trinajstić information content (AvgIpc) is 2.75. The molecular formula is C16H31N3O3S. The zero-order valence-corrected chi connectivity index (χ0v) is 15.8. The molecule has 0 spiro atoms. The predicted molar refractivity (Wildman–Crippen MR) is 91.6 cm³/mol. The van der Waals surface area contributed by atoms with Gasteiger partial charge in [0.25, 0.3) is 0 Å². The van der Waals surface area contributed by atoms with E-state index < -0.39 is 10.0 Å². The van der Waals surface area contributed by atoms with Crippen LogP contribution in [-0.2, 0) is 10.0 Å². The number of carbonyl (C=O) groups is 1. The number of urea groups is 1. The molecule has 0 radical (unpaired) electrons. The van der Waals surface area contributed by atoms with Crippen molar-refractivity contribution in [2.75, 3.05) is 26.4 Å². The zero-order chi connectivity index (χ0) is 17.5. The van der Waals surface area contributed by atoms with Gasteiger partial charge in [-0.25, -0.2) is 17.5 Å². The van der Waals surface area contributed by atoms with E-state index in [2.05, 4.69) is 31.4 Å². The van der Waals surface area contributed by atoms with Crippen LogP contribution < -0.4 is 10.6 Å². The number of rotatable bonds is 6. The van der Waals surface area contributed by atoms with Crippen molar-refractivity contribution < 1.29 is 13.2 Å². The second-order valence-corrected chi connectivity index (χ2v) is 10.1. The molecule has 2 N–H and O–H groups in total. The molecule has 2 bridgehead atoms. The Kier molecular flexibility index (Phi) is 5.02. The zero-order valence-electron chi connectivity index (χ0n) is 15.0. The lowest BCUT2D eigenvalue weighted by Crippen LogP contribution is -2.50. The summed E-state index contributed by atoms with van der Waals surface area (Å²) in [5, 5.41) is 5.99. The minimum Gasteiger partial charge on any atom is -0.338 e. The molecule has 2 fully saturated rings. The number of nitrogens with one attached hydrogen (secondary N) is 2. The average molecular weight is 346 g/mol. The fourth-order valence-electron chi connectivity index (χ4n) is 4.30. The molecule has 2 saturated carbocycles. The van der Waals surface area contributed by atoms with E-state index in [-0.39, 0.29) is 22.9 Å². The summed E-state index contributed by atoms with van der Waals surface area (Å²) in [6.07, 6.45) is 5.29. The van der Waals surface area contributed by atoms with E-state index in [1.165, 1.54) is 23.4 Å². The lowest BCUT2D eigenvalue weighted by molar-refractivity contribution is 0.123. The summed E-state index contributed by atoms with van der Waals surface area (Å²) >= 11 is 0. The highest BCUT2D eigenvalue weighted by Gasteiger charge is 2.61. The maximum Gasteiger partial charge on any atom is 0.315 e. The molecule has 2 aliphatic rings. The smallest absolute Gasteiger partial charge is 0.315 e. The summed E-state index contributed by atoms with van der Waals surface area (Å²) in [6.45, 7) is 7.83. The first kappa shape index (κ1) is 18.5. The van der Waals surface area contributed by atoms with E-state index in [0.717, 1.165) is 6.42 Å². The largest absolute Gasteiger partial charge is 0.338 e. The fourth-order valence-corrected chi connectivity index (χ4v) is 4.76. The summed E-state index contributed by atoms with van der Waals surface area (Å²) in [4.78, 5) is 12.1. The van der Waals surface area contributed by atoms with E-state index >= 15 is 0 Å². The molecule has 134 valence electrons. The number of hydrogen-bond donors (Lipinski definition) is 2. The van der Waals surface area contributed by atoms with E-state index in [9.17, 15) is 13.2 Å². The Morgan fingerprint density at radius 3 is 2.43 bits per heavy atom. The number of sulfonamides is 1. The number of amides is 2. The second kappa shape index (κ2) is 6.24. The van der Waals surface area contributed by atoms with Gasteiger partial charge in [-0.05, 0) is 42.4 Å². The van der Waals surface area contributed by atoms with Crippen molar-refractivity contribution in [3.05, 3.63) is 0 Å². The summed E-state index contributed by atoms with van der Waals surface area (Å²) < 4.78 is 23.9. The van der Waals surface area contributed by atoms with Crippen molar-refractivity contribution in [2.45, 2.75) is 52.5 Å². The molecule has 2 amide bonds. The highest BCUT2D eigenvalue weighted by Crippen LogP contribution is 2.65. The standard InChI is InChI=1S/C16H31N3O3S/c1-15(2)12-7-8-16(15,3)13(11-12)18-14(20)17-9-6-10-19(4)23(5,21)22/h12-13H,6-11H2,1-5H3,(H2,17,18,20)/t12-,13-,16-/m1/s1. The molecule has 0 saturated heterocycles. The third-order valence-electron chi connectivity index (χ3n) is 6.60. The summed E-state index contributed by atoms with van der Waals surface area (Å²) in [5.41, 5.74) is 0.453. The molecule has 3 atom stereocenters.